The standard InChI is InChI=1S/C4H8N4O2S/c1-7-2-4(6-3-7)8(5)11(9)10/h2-3H,5H2,1H3,(H,9,10)/p-1. The largest absolute Gasteiger partial charge is 0.754 e. The number of rotatable bonds is 2. The number of anilines is 1. The third kappa shape index (κ3) is 1.76. The van der Waals surface area contributed by atoms with E-state index in [1.807, 2.05) is 0 Å². The number of hydrogen-bond donors (Lipinski definition) is 1. The van der Waals surface area contributed by atoms with Crippen molar-refractivity contribution in [1.29, 1.82) is 0 Å². The van der Waals surface area contributed by atoms with E-state index in [4.69, 9.17) is 5.84 Å². The van der Waals surface area contributed by atoms with Crippen LogP contribution < -0.4 is 10.3 Å². The van der Waals surface area contributed by atoms with Crippen molar-refractivity contribution in [2.75, 3.05) is 4.41 Å². The van der Waals surface area contributed by atoms with Crippen molar-refractivity contribution < 1.29 is 8.76 Å². The van der Waals surface area contributed by atoms with Crippen molar-refractivity contribution in [2.45, 2.75) is 0 Å². The van der Waals surface area contributed by atoms with Crippen molar-refractivity contribution in [2.24, 2.45) is 12.9 Å². The molecule has 1 rings (SSSR count). The van der Waals surface area contributed by atoms with Gasteiger partial charge in [-0.2, -0.15) is 0 Å². The molecule has 11 heavy (non-hydrogen) atoms. The van der Waals surface area contributed by atoms with Crippen LogP contribution in [-0.4, -0.2) is 18.3 Å². The Bertz CT molecular complexity index is 273. The van der Waals surface area contributed by atoms with Crippen molar-refractivity contribution in [3.63, 3.8) is 0 Å². The van der Waals surface area contributed by atoms with E-state index in [2.05, 4.69) is 4.98 Å². The van der Waals surface area contributed by atoms with Gasteiger partial charge in [0.1, 0.15) is 0 Å². The maximum absolute atomic E-state index is 10.3. The summed E-state index contributed by atoms with van der Waals surface area (Å²) in [7, 11) is 1.72. The molecule has 7 heteroatoms. The first-order chi connectivity index (χ1) is 5.11. The maximum Gasteiger partial charge on any atom is 0.172 e. The van der Waals surface area contributed by atoms with Gasteiger partial charge in [-0.1, -0.05) is 0 Å². The minimum atomic E-state index is -2.46. The van der Waals surface area contributed by atoms with Gasteiger partial charge in [-0.05, 0) is 0 Å². The second kappa shape index (κ2) is 2.99. The quantitative estimate of drug-likeness (QED) is 0.351. The van der Waals surface area contributed by atoms with E-state index in [-0.39, 0.29) is 5.82 Å². The zero-order chi connectivity index (χ0) is 8.43. The fraction of sp³-hybridized carbons (Fsp3) is 0.250. The summed E-state index contributed by atoms with van der Waals surface area (Å²) in [6.07, 6.45) is 2.96. The third-order valence-electron chi connectivity index (χ3n) is 1.08. The Morgan fingerprint density at radius 3 is 2.91 bits per heavy atom. The van der Waals surface area contributed by atoms with Gasteiger partial charge in [0.2, 0.25) is 0 Å². The molecule has 1 aromatic rings. The maximum atomic E-state index is 10.3. The molecule has 0 aliphatic rings. The van der Waals surface area contributed by atoms with Gasteiger partial charge in [-0.25, -0.2) is 15.2 Å². The average molecular weight is 175 g/mol. The molecular weight excluding hydrogens is 168 g/mol. The van der Waals surface area contributed by atoms with Crippen LogP contribution >= 0.6 is 0 Å². The molecule has 0 amide bonds. The van der Waals surface area contributed by atoms with Gasteiger partial charge in [0.05, 0.1) is 17.6 Å². The Morgan fingerprint density at radius 2 is 2.55 bits per heavy atom. The number of nitrogens with two attached hydrogens (primary N) is 1. The molecule has 0 aromatic carbocycles. The van der Waals surface area contributed by atoms with Crippen LogP contribution in [0.25, 0.3) is 0 Å². The van der Waals surface area contributed by atoms with Crippen LogP contribution in [0, 0.1) is 0 Å². The fourth-order valence-electron chi connectivity index (χ4n) is 0.589. The van der Waals surface area contributed by atoms with Gasteiger partial charge in [-0.3, -0.25) is 4.21 Å². The van der Waals surface area contributed by atoms with E-state index < -0.39 is 11.3 Å². The third-order valence-corrected chi connectivity index (χ3v) is 1.59. The average Bonchev–Trinajstić information content (AvgIpc) is 2.34. The van der Waals surface area contributed by atoms with E-state index in [1.165, 1.54) is 12.5 Å². The highest BCUT2D eigenvalue weighted by Gasteiger charge is 2.02. The van der Waals surface area contributed by atoms with Crippen molar-refractivity contribution in [3.8, 4) is 0 Å². The number of hydrogen-bond acceptors (Lipinski definition) is 4. The summed E-state index contributed by atoms with van der Waals surface area (Å²) in [5.74, 6) is 5.29. The Morgan fingerprint density at radius 1 is 1.91 bits per heavy atom. The van der Waals surface area contributed by atoms with E-state index in [0.717, 1.165) is 0 Å². The molecule has 1 aromatic heterocycles. The molecule has 2 N–H and O–H groups in total. The smallest absolute Gasteiger partial charge is 0.172 e. The molecule has 0 spiro atoms. The number of aromatic nitrogens is 2. The minimum Gasteiger partial charge on any atom is -0.754 e. The molecule has 1 unspecified atom stereocenters. The molecular formula is C4H7N4O2S-. The molecule has 1 atom stereocenters. The van der Waals surface area contributed by atoms with Gasteiger partial charge in [0, 0.05) is 13.2 Å². The zero-order valence-corrected chi connectivity index (χ0v) is 6.61. The molecule has 0 saturated heterocycles. The second-order valence-electron chi connectivity index (χ2n) is 1.94. The summed E-state index contributed by atoms with van der Waals surface area (Å²) in [4.78, 5) is 3.71. The van der Waals surface area contributed by atoms with E-state index in [1.54, 1.807) is 11.6 Å². The molecule has 0 aliphatic heterocycles. The van der Waals surface area contributed by atoms with E-state index in [9.17, 15) is 8.76 Å². The minimum absolute atomic E-state index is 0.195. The van der Waals surface area contributed by atoms with E-state index in [0.29, 0.717) is 4.41 Å². The van der Waals surface area contributed by atoms with Crippen LogP contribution in [0.15, 0.2) is 12.5 Å². The Kier molecular flexibility index (Phi) is 2.22. The Labute approximate surface area is 66.0 Å². The lowest BCUT2D eigenvalue weighted by Crippen LogP contribution is -2.32. The zero-order valence-electron chi connectivity index (χ0n) is 5.80. The van der Waals surface area contributed by atoms with Crippen molar-refractivity contribution >= 4 is 17.1 Å². The Balaban J connectivity index is 2.84. The van der Waals surface area contributed by atoms with Gasteiger partial charge in [0.15, 0.2) is 5.82 Å². The van der Waals surface area contributed by atoms with Gasteiger partial charge < -0.3 is 9.12 Å². The Hall–Kier alpha value is -0.920. The molecule has 1 heterocycles. The summed E-state index contributed by atoms with van der Waals surface area (Å²) in [5.41, 5.74) is 0. The second-order valence-corrected chi connectivity index (χ2v) is 2.77. The van der Waals surface area contributed by atoms with Crippen LogP contribution in [-0.2, 0) is 18.3 Å². The molecule has 62 valence electrons. The highest BCUT2D eigenvalue weighted by molar-refractivity contribution is 7.80. The first-order valence-electron chi connectivity index (χ1n) is 2.73. The molecule has 0 aliphatic carbocycles. The van der Waals surface area contributed by atoms with Crippen LogP contribution in [0.3, 0.4) is 0 Å². The SMILES string of the molecule is Cn1cnc(N(N)S(=O)[O-])c1. The molecule has 0 radical (unpaired) electrons. The van der Waals surface area contributed by atoms with E-state index >= 15 is 0 Å². The number of imidazole rings is 1. The lowest BCUT2D eigenvalue weighted by atomic mass is 10.8. The number of aryl methyl sites for hydroxylation is 1. The summed E-state index contributed by atoms with van der Waals surface area (Å²) in [6.45, 7) is 0. The highest BCUT2D eigenvalue weighted by atomic mass is 32.2. The van der Waals surface area contributed by atoms with Crippen molar-refractivity contribution in [1.82, 2.24) is 9.55 Å². The first-order valence-corrected chi connectivity index (χ1v) is 3.76. The lowest BCUT2D eigenvalue weighted by Gasteiger charge is -2.16. The highest BCUT2D eigenvalue weighted by Crippen LogP contribution is 2.05. The van der Waals surface area contributed by atoms with Gasteiger partial charge in [-0.15, -0.1) is 0 Å². The molecule has 0 saturated carbocycles. The molecule has 0 bridgehead atoms. The number of hydrazine groups is 1. The van der Waals surface area contributed by atoms with Gasteiger partial charge >= 0.3 is 0 Å². The fourth-order valence-corrected chi connectivity index (χ4v) is 0.836. The van der Waals surface area contributed by atoms with Crippen LogP contribution in [0.4, 0.5) is 5.82 Å². The topological polar surface area (TPSA) is 87.2 Å². The number of nitrogens with zero attached hydrogens (tertiary/aromatic N) is 3. The predicted octanol–water partition coefficient (Wildman–Crippen LogP) is -1.11. The predicted molar refractivity (Wildman–Crippen MR) is 38.8 cm³/mol. The summed E-state index contributed by atoms with van der Waals surface area (Å²) >= 11 is -2.46. The van der Waals surface area contributed by atoms with Crippen LogP contribution in [0.2, 0.25) is 0 Å². The lowest BCUT2D eigenvalue weighted by molar-refractivity contribution is 0.532. The summed E-state index contributed by atoms with van der Waals surface area (Å²) < 4.78 is 22.7. The first kappa shape index (κ1) is 8.18. The monoisotopic (exact) mass is 175 g/mol. The normalized spacial score (nSPS) is 13.0. The van der Waals surface area contributed by atoms with Crippen LogP contribution in [0.1, 0.15) is 0 Å². The van der Waals surface area contributed by atoms with Crippen LogP contribution in [0.5, 0.6) is 0 Å². The van der Waals surface area contributed by atoms with Crippen molar-refractivity contribution in [3.05, 3.63) is 12.5 Å². The molecule has 0 fully saturated rings. The molecule has 6 nitrogen and oxygen atoms in total. The van der Waals surface area contributed by atoms with Gasteiger partial charge in [0.25, 0.3) is 0 Å². The summed E-state index contributed by atoms with van der Waals surface area (Å²) in [6, 6.07) is 0. The summed E-state index contributed by atoms with van der Waals surface area (Å²) in [5, 5.41) is 0.